The standard InChI is InChI=1S/C15H24N2O/c1-4-6-11-16-15(18)17-12(3)14-9-7-13(5-2)8-10-14/h7-10,12H,4-6,11H2,1-3H3,(H2,16,17,18). The first-order chi connectivity index (χ1) is 8.67. The van der Waals surface area contributed by atoms with Crippen LogP contribution in [0.2, 0.25) is 0 Å². The van der Waals surface area contributed by atoms with Crippen LogP contribution in [0.15, 0.2) is 24.3 Å². The van der Waals surface area contributed by atoms with Gasteiger partial charge in [0.15, 0.2) is 0 Å². The number of amides is 2. The predicted octanol–water partition coefficient (Wildman–Crippen LogP) is 3.41. The molecule has 3 nitrogen and oxygen atoms in total. The zero-order chi connectivity index (χ0) is 13.4. The Morgan fingerprint density at radius 1 is 1.22 bits per heavy atom. The highest BCUT2D eigenvalue weighted by atomic mass is 16.2. The van der Waals surface area contributed by atoms with Crippen molar-refractivity contribution < 1.29 is 4.79 Å². The van der Waals surface area contributed by atoms with Gasteiger partial charge in [-0.05, 0) is 30.9 Å². The molecule has 3 heteroatoms. The van der Waals surface area contributed by atoms with Gasteiger partial charge in [-0.25, -0.2) is 4.79 Å². The van der Waals surface area contributed by atoms with Gasteiger partial charge in [0, 0.05) is 6.54 Å². The Labute approximate surface area is 110 Å². The molecule has 0 heterocycles. The van der Waals surface area contributed by atoms with Crippen LogP contribution in [-0.4, -0.2) is 12.6 Å². The van der Waals surface area contributed by atoms with Crippen molar-refractivity contribution >= 4 is 6.03 Å². The van der Waals surface area contributed by atoms with E-state index in [4.69, 9.17) is 0 Å². The van der Waals surface area contributed by atoms with E-state index in [0.717, 1.165) is 31.4 Å². The minimum atomic E-state index is -0.0875. The molecule has 1 atom stereocenters. The summed E-state index contributed by atoms with van der Waals surface area (Å²) in [7, 11) is 0. The SMILES string of the molecule is CCCCNC(=O)NC(C)c1ccc(CC)cc1. The predicted molar refractivity (Wildman–Crippen MR) is 75.7 cm³/mol. The second kappa shape index (κ2) is 7.75. The lowest BCUT2D eigenvalue weighted by Gasteiger charge is -2.15. The van der Waals surface area contributed by atoms with Crippen LogP contribution in [0.5, 0.6) is 0 Å². The summed E-state index contributed by atoms with van der Waals surface area (Å²) >= 11 is 0. The van der Waals surface area contributed by atoms with E-state index in [2.05, 4.69) is 48.7 Å². The lowest BCUT2D eigenvalue weighted by atomic mass is 10.1. The summed E-state index contributed by atoms with van der Waals surface area (Å²) in [5.41, 5.74) is 2.45. The van der Waals surface area contributed by atoms with E-state index in [9.17, 15) is 4.79 Å². The molecule has 2 N–H and O–H groups in total. The van der Waals surface area contributed by atoms with Crippen molar-refractivity contribution in [1.82, 2.24) is 10.6 Å². The van der Waals surface area contributed by atoms with Crippen LogP contribution in [-0.2, 0) is 6.42 Å². The summed E-state index contributed by atoms with van der Waals surface area (Å²) in [6, 6.07) is 8.34. The average Bonchev–Trinajstić information content (AvgIpc) is 2.39. The van der Waals surface area contributed by atoms with Gasteiger partial charge in [-0.2, -0.15) is 0 Å². The fraction of sp³-hybridized carbons (Fsp3) is 0.533. The summed E-state index contributed by atoms with van der Waals surface area (Å²) in [6.07, 6.45) is 3.15. The smallest absolute Gasteiger partial charge is 0.315 e. The van der Waals surface area contributed by atoms with Gasteiger partial charge in [0.05, 0.1) is 6.04 Å². The lowest BCUT2D eigenvalue weighted by molar-refractivity contribution is 0.238. The van der Waals surface area contributed by atoms with Crippen LogP contribution >= 0.6 is 0 Å². The lowest BCUT2D eigenvalue weighted by Crippen LogP contribution is -2.37. The Kier molecular flexibility index (Phi) is 6.26. The second-order valence-electron chi connectivity index (χ2n) is 4.57. The molecule has 0 aliphatic rings. The molecular formula is C15H24N2O. The van der Waals surface area contributed by atoms with Crippen LogP contribution in [0.1, 0.15) is 50.8 Å². The molecule has 1 aromatic carbocycles. The molecule has 1 rings (SSSR count). The largest absolute Gasteiger partial charge is 0.338 e. The van der Waals surface area contributed by atoms with E-state index in [1.165, 1.54) is 5.56 Å². The van der Waals surface area contributed by atoms with E-state index in [1.54, 1.807) is 0 Å². The maximum Gasteiger partial charge on any atom is 0.315 e. The number of hydrogen-bond donors (Lipinski definition) is 2. The van der Waals surface area contributed by atoms with E-state index in [-0.39, 0.29) is 12.1 Å². The van der Waals surface area contributed by atoms with Crippen molar-refractivity contribution in [2.75, 3.05) is 6.54 Å². The van der Waals surface area contributed by atoms with E-state index < -0.39 is 0 Å². The molecule has 0 aliphatic heterocycles. The zero-order valence-corrected chi connectivity index (χ0v) is 11.6. The Morgan fingerprint density at radius 3 is 2.44 bits per heavy atom. The highest BCUT2D eigenvalue weighted by molar-refractivity contribution is 5.74. The van der Waals surface area contributed by atoms with Gasteiger partial charge in [0.2, 0.25) is 0 Å². The third kappa shape index (κ3) is 4.78. The molecule has 18 heavy (non-hydrogen) atoms. The third-order valence-corrected chi connectivity index (χ3v) is 3.05. The first kappa shape index (κ1) is 14.6. The zero-order valence-electron chi connectivity index (χ0n) is 11.6. The van der Waals surface area contributed by atoms with Gasteiger partial charge in [-0.15, -0.1) is 0 Å². The second-order valence-corrected chi connectivity index (χ2v) is 4.57. The number of aryl methyl sites for hydroxylation is 1. The van der Waals surface area contributed by atoms with E-state index >= 15 is 0 Å². The summed E-state index contributed by atoms with van der Waals surface area (Å²) in [5, 5.41) is 5.80. The molecule has 0 saturated carbocycles. The molecule has 1 unspecified atom stereocenters. The normalized spacial score (nSPS) is 11.9. The number of rotatable bonds is 6. The Hall–Kier alpha value is -1.51. The minimum absolute atomic E-state index is 0.0394. The van der Waals surface area contributed by atoms with E-state index in [1.807, 2.05) is 6.92 Å². The molecule has 1 aromatic rings. The number of urea groups is 1. The summed E-state index contributed by atoms with van der Waals surface area (Å²) in [5.74, 6) is 0. The first-order valence-electron chi connectivity index (χ1n) is 6.80. The Morgan fingerprint density at radius 2 is 1.89 bits per heavy atom. The van der Waals surface area contributed by atoms with Gasteiger partial charge in [0.25, 0.3) is 0 Å². The van der Waals surface area contributed by atoms with E-state index in [0.29, 0.717) is 0 Å². The molecule has 0 fully saturated rings. The molecule has 100 valence electrons. The van der Waals surface area contributed by atoms with Crippen LogP contribution < -0.4 is 10.6 Å². The highest BCUT2D eigenvalue weighted by Crippen LogP contribution is 2.13. The monoisotopic (exact) mass is 248 g/mol. The molecule has 0 aliphatic carbocycles. The minimum Gasteiger partial charge on any atom is -0.338 e. The summed E-state index contributed by atoms with van der Waals surface area (Å²) in [6.45, 7) is 6.99. The van der Waals surface area contributed by atoms with Gasteiger partial charge >= 0.3 is 6.03 Å². The van der Waals surface area contributed by atoms with Crippen molar-refractivity contribution in [3.8, 4) is 0 Å². The Bertz CT molecular complexity index is 359. The summed E-state index contributed by atoms with van der Waals surface area (Å²) in [4.78, 5) is 11.6. The van der Waals surface area contributed by atoms with Crippen LogP contribution in [0.4, 0.5) is 4.79 Å². The molecule has 0 spiro atoms. The highest BCUT2D eigenvalue weighted by Gasteiger charge is 2.08. The maximum absolute atomic E-state index is 11.6. The number of carbonyl (C=O) groups excluding carboxylic acids is 1. The summed E-state index contributed by atoms with van der Waals surface area (Å²) < 4.78 is 0. The van der Waals surface area contributed by atoms with Crippen molar-refractivity contribution in [2.24, 2.45) is 0 Å². The molecule has 0 aromatic heterocycles. The fourth-order valence-corrected chi connectivity index (χ4v) is 1.75. The van der Waals surface area contributed by atoms with Gasteiger partial charge in [-0.3, -0.25) is 0 Å². The molecule has 0 saturated heterocycles. The maximum atomic E-state index is 11.6. The van der Waals surface area contributed by atoms with Crippen molar-refractivity contribution in [2.45, 2.75) is 46.1 Å². The average molecular weight is 248 g/mol. The van der Waals surface area contributed by atoms with Crippen LogP contribution in [0, 0.1) is 0 Å². The Balaban J connectivity index is 2.43. The van der Waals surface area contributed by atoms with Gasteiger partial charge in [-0.1, -0.05) is 44.5 Å². The van der Waals surface area contributed by atoms with Crippen molar-refractivity contribution in [1.29, 1.82) is 0 Å². The topological polar surface area (TPSA) is 41.1 Å². The quantitative estimate of drug-likeness (QED) is 0.744. The fourth-order valence-electron chi connectivity index (χ4n) is 1.75. The number of hydrogen-bond acceptors (Lipinski definition) is 1. The number of unbranched alkanes of at least 4 members (excludes halogenated alkanes) is 1. The van der Waals surface area contributed by atoms with Crippen LogP contribution in [0.25, 0.3) is 0 Å². The van der Waals surface area contributed by atoms with Crippen molar-refractivity contribution in [3.05, 3.63) is 35.4 Å². The first-order valence-corrected chi connectivity index (χ1v) is 6.80. The van der Waals surface area contributed by atoms with Crippen molar-refractivity contribution in [3.63, 3.8) is 0 Å². The number of benzene rings is 1. The number of nitrogens with one attached hydrogen (secondary N) is 2. The number of carbonyl (C=O) groups is 1. The molecule has 0 radical (unpaired) electrons. The molecular weight excluding hydrogens is 224 g/mol. The third-order valence-electron chi connectivity index (χ3n) is 3.05. The molecule has 2 amide bonds. The van der Waals surface area contributed by atoms with Gasteiger partial charge < -0.3 is 10.6 Å². The molecule has 0 bridgehead atoms. The van der Waals surface area contributed by atoms with Gasteiger partial charge in [0.1, 0.15) is 0 Å². The van der Waals surface area contributed by atoms with Crippen LogP contribution in [0.3, 0.4) is 0 Å².